The van der Waals surface area contributed by atoms with Crippen molar-refractivity contribution in [3.8, 4) is 11.3 Å². The molecule has 100 valence electrons. The zero-order valence-electron chi connectivity index (χ0n) is 10.5. The molecule has 0 saturated heterocycles. The zero-order chi connectivity index (χ0) is 13.9. The van der Waals surface area contributed by atoms with Crippen molar-refractivity contribution in [2.75, 3.05) is 0 Å². The van der Waals surface area contributed by atoms with Crippen molar-refractivity contribution < 1.29 is 13.2 Å². The van der Waals surface area contributed by atoms with E-state index in [4.69, 9.17) is 4.42 Å². The number of hydrogen-bond donors (Lipinski definition) is 0. The molecule has 0 bridgehead atoms. The fourth-order valence-electron chi connectivity index (χ4n) is 1.95. The van der Waals surface area contributed by atoms with Gasteiger partial charge in [-0.15, -0.1) is 0 Å². The van der Waals surface area contributed by atoms with E-state index in [0.29, 0.717) is 23.6 Å². The maximum Gasteiger partial charge on any atom is 0.199 e. The fourth-order valence-corrected chi connectivity index (χ4v) is 1.95. The van der Waals surface area contributed by atoms with Gasteiger partial charge in [0, 0.05) is 12.0 Å². The van der Waals surface area contributed by atoms with Gasteiger partial charge in [-0.3, -0.25) is 0 Å². The highest BCUT2D eigenvalue weighted by atomic mass is 19.2. The Morgan fingerprint density at radius 2 is 1.75 bits per heavy atom. The Labute approximate surface area is 114 Å². The van der Waals surface area contributed by atoms with Crippen LogP contribution in [-0.2, 0) is 6.42 Å². The van der Waals surface area contributed by atoms with Crippen LogP contribution in [0.2, 0.25) is 0 Å². The normalized spacial score (nSPS) is 10.7. The van der Waals surface area contributed by atoms with Crippen LogP contribution in [0, 0.1) is 11.6 Å². The zero-order valence-corrected chi connectivity index (χ0v) is 10.5. The first-order valence-electron chi connectivity index (χ1n) is 6.16. The Balaban J connectivity index is 1.82. The lowest BCUT2D eigenvalue weighted by Crippen LogP contribution is -1.91. The van der Waals surface area contributed by atoms with Crippen molar-refractivity contribution in [3.63, 3.8) is 0 Å². The van der Waals surface area contributed by atoms with Crippen LogP contribution in [0.1, 0.15) is 11.5 Å². The SMILES string of the molecule is Fc1ccc(Cc2ncc(-c3ccccc3)o2)cc1F. The Bertz CT molecular complexity index is 722. The summed E-state index contributed by atoms with van der Waals surface area (Å²) in [6, 6.07) is 13.4. The number of halogens is 2. The Morgan fingerprint density at radius 3 is 2.50 bits per heavy atom. The molecule has 1 heterocycles. The minimum absolute atomic E-state index is 0.323. The van der Waals surface area contributed by atoms with Crippen LogP contribution in [0.3, 0.4) is 0 Å². The average Bonchev–Trinajstić information content (AvgIpc) is 2.92. The quantitative estimate of drug-likeness (QED) is 0.713. The van der Waals surface area contributed by atoms with Crippen LogP contribution in [0.4, 0.5) is 8.78 Å². The lowest BCUT2D eigenvalue weighted by Gasteiger charge is -1.99. The van der Waals surface area contributed by atoms with E-state index in [-0.39, 0.29) is 0 Å². The van der Waals surface area contributed by atoms with Crippen LogP contribution in [0.5, 0.6) is 0 Å². The summed E-state index contributed by atoms with van der Waals surface area (Å²) in [6.45, 7) is 0. The summed E-state index contributed by atoms with van der Waals surface area (Å²) in [5.41, 5.74) is 1.54. The van der Waals surface area contributed by atoms with E-state index >= 15 is 0 Å². The smallest absolute Gasteiger partial charge is 0.199 e. The van der Waals surface area contributed by atoms with E-state index in [1.807, 2.05) is 30.3 Å². The van der Waals surface area contributed by atoms with Crippen LogP contribution < -0.4 is 0 Å². The average molecular weight is 271 g/mol. The topological polar surface area (TPSA) is 26.0 Å². The molecule has 0 aliphatic carbocycles. The molecule has 2 nitrogen and oxygen atoms in total. The number of benzene rings is 2. The van der Waals surface area contributed by atoms with E-state index in [2.05, 4.69) is 4.98 Å². The minimum atomic E-state index is -0.864. The van der Waals surface area contributed by atoms with Gasteiger partial charge in [-0.25, -0.2) is 13.8 Å². The summed E-state index contributed by atoms with van der Waals surface area (Å²) in [6.07, 6.45) is 1.95. The number of hydrogen-bond acceptors (Lipinski definition) is 2. The monoisotopic (exact) mass is 271 g/mol. The predicted molar refractivity (Wildman–Crippen MR) is 71.1 cm³/mol. The first-order valence-corrected chi connectivity index (χ1v) is 6.16. The van der Waals surface area contributed by atoms with E-state index < -0.39 is 11.6 Å². The molecule has 0 radical (unpaired) electrons. The Kier molecular flexibility index (Phi) is 3.29. The van der Waals surface area contributed by atoms with E-state index in [9.17, 15) is 8.78 Å². The molecule has 4 heteroatoms. The van der Waals surface area contributed by atoms with Gasteiger partial charge >= 0.3 is 0 Å². The third-order valence-corrected chi connectivity index (χ3v) is 2.95. The fraction of sp³-hybridized carbons (Fsp3) is 0.0625. The lowest BCUT2D eigenvalue weighted by molar-refractivity contribution is 0.502. The second kappa shape index (κ2) is 5.25. The molecule has 0 atom stereocenters. The van der Waals surface area contributed by atoms with E-state index in [1.165, 1.54) is 6.07 Å². The van der Waals surface area contributed by atoms with E-state index in [1.54, 1.807) is 6.20 Å². The molecule has 3 aromatic rings. The van der Waals surface area contributed by atoms with Crippen molar-refractivity contribution >= 4 is 0 Å². The van der Waals surface area contributed by atoms with Gasteiger partial charge in [-0.1, -0.05) is 36.4 Å². The summed E-state index contributed by atoms with van der Waals surface area (Å²) >= 11 is 0. The summed E-state index contributed by atoms with van der Waals surface area (Å²) < 4.78 is 31.6. The summed E-state index contributed by atoms with van der Waals surface area (Å²) in [5, 5.41) is 0. The molecule has 0 fully saturated rings. The van der Waals surface area contributed by atoms with Crippen LogP contribution in [0.15, 0.2) is 59.1 Å². The highest BCUT2D eigenvalue weighted by Crippen LogP contribution is 2.21. The molecular weight excluding hydrogens is 260 g/mol. The third kappa shape index (κ3) is 2.59. The standard InChI is InChI=1S/C16H11F2NO/c17-13-7-6-11(8-14(13)18)9-16-19-10-15(20-16)12-4-2-1-3-5-12/h1-8,10H,9H2. The number of oxazole rings is 1. The molecular formula is C16H11F2NO. The maximum absolute atomic E-state index is 13.1. The van der Waals surface area contributed by atoms with Crippen molar-refractivity contribution in [2.24, 2.45) is 0 Å². The van der Waals surface area contributed by atoms with E-state index in [0.717, 1.165) is 17.7 Å². The molecule has 0 saturated carbocycles. The first kappa shape index (κ1) is 12.5. The van der Waals surface area contributed by atoms with Gasteiger partial charge in [-0.05, 0) is 17.7 Å². The Morgan fingerprint density at radius 1 is 0.950 bits per heavy atom. The first-order chi connectivity index (χ1) is 9.72. The third-order valence-electron chi connectivity index (χ3n) is 2.95. The molecule has 0 aliphatic heterocycles. The largest absolute Gasteiger partial charge is 0.440 e. The second-order valence-corrected chi connectivity index (χ2v) is 4.41. The summed E-state index contributed by atoms with van der Waals surface area (Å²) in [5.74, 6) is -0.596. The van der Waals surface area contributed by atoms with Crippen molar-refractivity contribution in [3.05, 3.63) is 77.8 Å². The summed E-state index contributed by atoms with van der Waals surface area (Å²) in [4.78, 5) is 4.16. The minimum Gasteiger partial charge on any atom is -0.440 e. The molecule has 1 aromatic heterocycles. The molecule has 0 amide bonds. The van der Waals surface area contributed by atoms with Gasteiger partial charge in [0.2, 0.25) is 0 Å². The highest BCUT2D eigenvalue weighted by molar-refractivity contribution is 5.55. The maximum atomic E-state index is 13.1. The molecule has 0 aliphatic rings. The predicted octanol–water partition coefficient (Wildman–Crippen LogP) is 4.21. The second-order valence-electron chi connectivity index (χ2n) is 4.41. The van der Waals surface area contributed by atoms with Crippen molar-refractivity contribution in [1.29, 1.82) is 0 Å². The molecule has 0 spiro atoms. The molecule has 0 unspecified atom stereocenters. The number of nitrogens with zero attached hydrogens (tertiary/aromatic N) is 1. The van der Waals surface area contributed by atoms with Gasteiger partial charge in [-0.2, -0.15) is 0 Å². The molecule has 2 aromatic carbocycles. The van der Waals surface area contributed by atoms with Gasteiger partial charge in [0.1, 0.15) is 0 Å². The van der Waals surface area contributed by atoms with Crippen LogP contribution in [-0.4, -0.2) is 4.98 Å². The summed E-state index contributed by atoms with van der Waals surface area (Å²) in [7, 11) is 0. The highest BCUT2D eigenvalue weighted by Gasteiger charge is 2.08. The van der Waals surface area contributed by atoms with Gasteiger partial charge in [0.05, 0.1) is 6.20 Å². The molecule has 3 rings (SSSR count). The van der Waals surface area contributed by atoms with Gasteiger partial charge in [0.25, 0.3) is 0 Å². The van der Waals surface area contributed by atoms with Crippen LogP contribution in [0.25, 0.3) is 11.3 Å². The lowest BCUT2D eigenvalue weighted by atomic mass is 10.1. The van der Waals surface area contributed by atoms with Gasteiger partial charge in [0.15, 0.2) is 23.3 Å². The molecule has 20 heavy (non-hydrogen) atoms. The molecule has 0 N–H and O–H groups in total. The van der Waals surface area contributed by atoms with Gasteiger partial charge < -0.3 is 4.42 Å². The van der Waals surface area contributed by atoms with Crippen LogP contribution >= 0.6 is 0 Å². The van der Waals surface area contributed by atoms with Crippen molar-refractivity contribution in [2.45, 2.75) is 6.42 Å². The number of aromatic nitrogens is 1. The number of rotatable bonds is 3. The Hall–Kier alpha value is -2.49. The van der Waals surface area contributed by atoms with Crippen molar-refractivity contribution in [1.82, 2.24) is 4.98 Å².